The van der Waals surface area contributed by atoms with E-state index in [1.54, 1.807) is 0 Å². The summed E-state index contributed by atoms with van der Waals surface area (Å²) >= 11 is 1.52. The molecular weight excluding hydrogens is 238 g/mol. The number of piperazine rings is 1. The molecule has 0 amide bonds. The van der Waals surface area contributed by atoms with E-state index in [1.807, 2.05) is 12.3 Å². The van der Waals surface area contributed by atoms with Crippen molar-refractivity contribution in [1.29, 1.82) is 0 Å². The van der Waals surface area contributed by atoms with E-state index in [0.29, 0.717) is 0 Å². The molecular formula is C11H17N3O2S. The SMILES string of the molecule is COC(=O)C(c1nc(C)cs1)N1CCNCC1. The fraction of sp³-hybridized carbons (Fsp3) is 0.636. The first-order valence-corrected chi connectivity index (χ1v) is 6.55. The highest BCUT2D eigenvalue weighted by Gasteiger charge is 2.31. The third-order valence-electron chi connectivity index (χ3n) is 2.81. The van der Waals surface area contributed by atoms with Gasteiger partial charge in [-0.2, -0.15) is 0 Å². The molecule has 2 rings (SSSR count). The van der Waals surface area contributed by atoms with Gasteiger partial charge in [-0.05, 0) is 6.92 Å². The number of hydrogen-bond donors (Lipinski definition) is 1. The minimum atomic E-state index is -0.346. The molecule has 2 heterocycles. The normalized spacial score (nSPS) is 18.9. The Labute approximate surface area is 105 Å². The van der Waals surface area contributed by atoms with Gasteiger partial charge in [-0.25, -0.2) is 9.78 Å². The zero-order chi connectivity index (χ0) is 12.3. The average Bonchev–Trinajstić information content (AvgIpc) is 2.77. The second kappa shape index (κ2) is 5.57. The van der Waals surface area contributed by atoms with Gasteiger partial charge in [0.05, 0.1) is 7.11 Å². The van der Waals surface area contributed by atoms with E-state index in [9.17, 15) is 4.79 Å². The lowest BCUT2D eigenvalue weighted by Crippen LogP contribution is -2.47. The first kappa shape index (κ1) is 12.5. The highest BCUT2D eigenvalue weighted by atomic mass is 32.1. The zero-order valence-electron chi connectivity index (χ0n) is 10.1. The lowest BCUT2D eigenvalue weighted by molar-refractivity contribution is -0.147. The number of carbonyl (C=O) groups is 1. The van der Waals surface area contributed by atoms with E-state index < -0.39 is 0 Å². The first-order chi connectivity index (χ1) is 8.22. The number of aryl methyl sites for hydroxylation is 1. The summed E-state index contributed by atoms with van der Waals surface area (Å²) in [7, 11) is 1.43. The molecule has 0 bridgehead atoms. The monoisotopic (exact) mass is 255 g/mol. The Morgan fingerprint density at radius 1 is 1.59 bits per heavy atom. The Kier molecular flexibility index (Phi) is 4.09. The summed E-state index contributed by atoms with van der Waals surface area (Å²) in [5.74, 6) is -0.221. The molecule has 0 radical (unpaired) electrons. The van der Waals surface area contributed by atoms with Crippen LogP contribution in [-0.4, -0.2) is 49.1 Å². The molecule has 0 aromatic carbocycles. The van der Waals surface area contributed by atoms with E-state index in [2.05, 4.69) is 15.2 Å². The van der Waals surface area contributed by atoms with Crippen molar-refractivity contribution >= 4 is 17.3 Å². The molecule has 0 saturated carbocycles. The Morgan fingerprint density at radius 3 is 2.82 bits per heavy atom. The molecule has 5 nitrogen and oxygen atoms in total. The maximum atomic E-state index is 11.9. The highest BCUT2D eigenvalue weighted by Crippen LogP contribution is 2.25. The van der Waals surface area contributed by atoms with E-state index in [1.165, 1.54) is 18.4 Å². The van der Waals surface area contributed by atoms with Gasteiger partial charge in [-0.15, -0.1) is 11.3 Å². The fourth-order valence-corrected chi connectivity index (χ4v) is 2.87. The molecule has 1 aliphatic heterocycles. The number of esters is 1. The van der Waals surface area contributed by atoms with Gasteiger partial charge in [0.1, 0.15) is 5.01 Å². The summed E-state index contributed by atoms with van der Waals surface area (Å²) in [4.78, 5) is 18.4. The number of thiazole rings is 1. The third kappa shape index (κ3) is 2.83. The fourth-order valence-electron chi connectivity index (χ4n) is 1.96. The van der Waals surface area contributed by atoms with Crippen LogP contribution in [-0.2, 0) is 9.53 Å². The number of nitrogens with one attached hydrogen (secondary N) is 1. The first-order valence-electron chi connectivity index (χ1n) is 5.67. The van der Waals surface area contributed by atoms with Gasteiger partial charge in [-0.1, -0.05) is 0 Å². The summed E-state index contributed by atoms with van der Waals surface area (Å²) in [6.07, 6.45) is 0. The van der Waals surface area contributed by atoms with Crippen LogP contribution in [0, 0.1) is 6.92 Å². The molecule has 6 heteroatoms. The molecule has 0 spiro atoms. The van der Waals surface area contributed by atoms with Crippen LogP contribution in [0.25, 0.3) is 0 Å². The van der Waals surface area contributed by atoms with Gasteiger partial charge in [0.25, 0.3) is 0 Å². The topological polar surface area (TPSA) is 54.5 Å². The quantitative estimate of drug-likeness (QED) is 0.800. The molecule has 1 saturated heterocycles. The van der Waals surface area contributed by atoms with Gasteiger partial charge < -0.3 is 10.1 Å². The van der Waals surface area contributed by atoms with Crippen LogP contribution in [0.3, 0.4) is 0 Å². The van der Waals surface area contributed by atoms with Crippen molar-refractivity contribution < 1.29 is 9.53 Å². The van der Waals surface area contributed by atoms with Gasteiger partial charge in [0.2, 0.25) is 0 Å². The van der Waals surface area contributed by atoms with Crippen molar-refractivity contribution in [2.45, 2.75) is 13.0 Å². The van der Waals surface area contributed by atoms with Gasteiger partial charge >= 0.3 is 5.97 Å². The Bertz CT molecular complexity index is 388. The summed E-state index contributed by atoms with van der Waals surface area (Å²) in [6.45, 7) is 5.43. The van der Waals surface area contributed by atoms with E-state index in [4.69, 9.17) is 4.74 Å². The van der Waals surface area contributed by atoms with Crippen LogP contribution >= 0.6 is 11.3 Å². The van der Waals surface area contributed by atoms with Crippen LogP contribution in [0.2, 0.25) is 0 Å². The van der Waals surface area contributed by atoms with Crippen molar-refractivity contribution in [3.63, 3.8) is 0 Å². The molecule has 17 heavy (non-hydrogen) atoms. The molecule has 1 aromatic heterocycles. The predicted molar refractivity (Wildman–Crippen MR) is 66.1 cm³/mol. The number of rotatable bonds is 3. The van der Waals surface area contributed by atoms with Gasteiger partial charge in [-0.3, -0.25) is 4.90 Å². The molecule has 94 valence electrons. The van der Waals surface area contributed by atoms with Gasteiger partial charge in [0.15, 0.2) is 6.04 Å². The number of ether oxygens (including phenoxy) is 1. The summed E-state index contributed by atoms with van der Waals surface area (Å²) in [5.41, 5.74) is 0.953. The number of carbonyl (C=O) groups excluding carboxylic acids is 1. The van der Waals surface area contributed by atoms with Crippen LogP contribution in [0.4, 0.5) is 0 Å². The molecule has 1 fully saturated rings. The number of aromatic nitrogens is 1. The molecule has 1 atom stereocenters. The van der Waals surface area contributed by atoms with Crippen molar-refractivity contribution in [2.24, 2.45) is 0 Å². The van der Waals surface area contributed by atoms with Crippen LogP contribution < -0.4 is 5.32 Å². The Hall–Kier alpha value is -0.980. The largest absolute Gasteiger partial charge is 0.468 e. The van der Waals surface area contributed by atoms with Crippen molar-refractivity contribution in [2.75, 3.05) is 33.3 Å². The number of methoxy groups -OCH3 is 1. The summed E-state index contributed by atoms with van der Waals surface area (Å²) in [5, 5.41) is 6.07. The molecule has 0 aliphatic carbocycles. The van der Waals surface area contributed by atoms with Crippen molar-refractivity contribution in [1.82, 2.24) is 15.2 Å². The molecule has 1 aliphatic rings. The maximum Gasteiger partial charge on any atom is 0.330 e. The standard InChI is InChI=1S/C11H17N3O2S/c1-8-7-17-10(13-8)9(11(15)16-2)14-5-3-12-4-6-14/h7,9,12H,3-6H2,1-2H3. The van der Waals surface area contributed by atoms with E-state index >= 15 is 0 Å². The Balaban J connectivity index is 2.21. The van der Waals surface area contributed by atoms with Crippen LogP contribution in [0.15, 0.2) is 5.38 Å². The minimum Gasteiger partial charge on any atom is -0.468 e. The van der Waals surface area contributed by atoms with Gasteiger partial charge in [0, 0.05) is 37.3 Å². The number of nitrogens with zero attached hydrogens (tertiary/aromatic N) is 2. The lowest BCUT2D eigenvalue weighted by Gasteiger charge is -2.31. The smallest absolute Gasteiger partial charge is 0.330 e. The highest BCUT2D eigenvalue weighted by molar-refractivity contribution is 7.09. The lowest BCUT2D eigenvalue weighted by atomic mass is 10.2. The Morgan fingerprint density at radius 2 is 2.29 bits per heavy atom. The summed E-state index contributed by atoms with van der Waals surface area (Å²) in [6, 6.07) is -0.346. The van der Waals surface area contributed by atoms with Crippen molar-refractivity contribution in [3.05, 3.63) is 16.1 Å². The molecule has 1 unspecified atom stereocenters. The minimum absolute atomic E-state index is 0.221. The molecule has 1 N–H and O–H groups in total. The zero-order valence-corrected chi connectivity index (χ0v) is 10.9. The van der Waals surface area contributed by atoms with E-state index in [0.717, 1.165) is 36.9 Å². The third-order valence-corrected chi connectivity index (χ3v) is 3.83. The van der Waals surface area contributed by atoms with Crippen LogP contribution in [0.5, 0.6) is 0 Å². The predicted octanol–water partition coefficient (Wildman–Crippen LogP) is 0.571. The number of hydrogen-bond acceptors (Lipinski definition) is 6. The second-order valence-electron chi connectivity index (χ2n) is 4.04. The summed E-state index contributed by atoms with van der Waals surface area (Å²) < 4.78 is 4.89. The second-order valence-corrected chi connectivity index (χ2v) is 4.93. The maximum absolute atomic E-state index is 11.9. The molecule has 1 aromatic rings. The van der Waals surface area contributed by atoms with Crippen molar-refractivity contribution in [3.8, 4) is 0 Å². The van der Waals surface area contributed by atoms with E-state index in [-0.39, 0.29) is 12.0 Å². The average molecular weight is 255 g/mol. The van der Waals surface area contributed by atoms with Crippen LogP contribution in [0.1, 0.15) is 16.7 Å².